The van der Waals surface area contributed by atoms with Gasteiger partial charge in [-0.25, -0.2) is 0 Å². The molecule has 1 atom stereocenters. The lowest BCUT2D eigenvalue weighted by Crippen LogP contribution is -2.37. The first-order chi connectivity index (χ1) is 18.5. The largest absolute Gasteiger partial charge is 0.620 e. The number of carbonyl (C=O) groups excluding carboxylic acids is 1. The van der Waals surface area contributed by atoms with Gasteiger partial charge in [0, 0.05) is 17.7 Å². The maximum Gasteiger partial charge on any atom is 0.620 e. The van der Waals surface area contributed by atoms with E-state index in [4.69, 9.17) is 29.6 Å². The number of ketones is 1. The summed E-state index contributed by atoms with van der Waals surface area (Å²) in [6.45, 7) is 11.2. The molecule has 0 radical (unpaired) electrons. The molecule has 2 N–H and O–H groups in total. The first kappa shape index (κ1) is 30.4. The lowest BCUT2D eigenvalue weighted by molar-refractivity contribution is -0.123. The van der Waals surface area contributed by atoms with Gasteiger partial charge in [0.1, 0.15) is 33.7 Å². The minimum absolute atomic E-state index is 0.0293. The number of phenolic OH excluding ortho intramolecular Hbond substituents is 1. The number of aromatic hydroxyl groups is 1. The average molecular weight is 593 g/mol. The minimum atomic E-state index is -4.11. The van der Waals surface area contributed by atoms with E-state index in [9.17, 15) is 19.6 Å². The molecule has 0 unspecified atom stereocenters. The second kappa shape index (κ2) is 11.0. The highest BCUT2D eigenvalue weighted by Gasteiger charge is 2.54. The number of rotatable bonds is 6. The van der Waals surface area contributed by atoms with Crippen molar-refractivity contribution in [1.29, 1.82) is 0 Å². The quantitative estimate of drug-likeness (QED) is 0.310. The van der Waals surface area contributed by atoms with E-state index in [0.29, 0.717) is 23.6 Å². The SMILES string of the molecule is CN1CC[C@H](c2c(O[P+](O)(OC(C)(C)C)OC(C)(C)C)cc(O)c3c(=O)cc(-c4ccccc4Cl)oc23)C(=O)C1. The Hall–Kier alpha value is -2.52. The van der Waals surface area contributed by atoms with Gasteiger partial charge in [0.05, 0.1) is 23.0 Å². The van der Waals surface area contributed by atoms with Crippen LogP contribution in [0, 0.1) is 0 Å². The van der Waals surface area contributed by atoms with E-state index in [1.165, 1.54) is 12.1 Å². The molecule has 4 rings (SSSR count). The van der Waals surface area contributed by atoms with Crippen LogP contribution in [0.4, 0.5) is 0 Å². The third-order valence-electron chi connectivity index (χ3n) is 6.08. The molecule has 0 bridgehead atoms. The predicted molar refractivity (Wildman–Crippen MR) is 156 cm³/mol. The van der Waals surface area contributed by atoms with Crippen molar-refractivity contribution in [2.45, 2.75) is 65.1 Å². The monoisotopic (exact) mass is 592 g/mol. The van der Waals surface area contributed by atoms with Crippen molar-refractivity contribution in [2.75, 3.05) is 20.1 Å². The van der Waals surface area contributed by atoms with Gasteiger partial charge in [0.2, 0.25) is 0 Å². The number of piperidine rings is 1. The van der Waals surface area contributed by atoms with Gasteiger partial charge in [-0.2, -0.15) is 4.89 Å². The second-order valence-electron chi connectivity index (χ2n) is 12.0. The van der Waals surface area contributed by atoms with Crippen LogP contribution < -0.4 is 9.95 Å². The molecule has 1 fully saturated rings. The van der Waals surface area contributed by atoms with E-state index in [2.05, 4.69) is 0 Å². The maximum absolute atomic E-state index is 13.4. The van der Waals surface area contributed by atoms with Crippen LogP contribution in [0.1, 0.15) is 59.4 Å². The number of likely N-dealkylation sites (tertiary alicyclic amines) is 1. The number of fused-ring (bicyclic) bond motifs is 1. The zero-order valence-corrected chi connectivity index (χ0v) is 25.4. The van der Waals surface area contributed by atoms with E-state index in [1.54, 1.807) is 65.8 Å². The first-order valence-electron chi connectivity index (χ1n) is 13.0. The Balaban J connectivity index is 2.02. The van der Waals surface area contributed by atoms with Crippen LogP contribution in [-0.4, -0.2) is 52.0 Å². The fourth-order valence-electron chi connectivity index (χ4n) is 4.65. The highest BCUT2D eigenvalue weighted by Crippen LogP contribution is 2.63. The van der Waals surface area contributed by atoms with Gasteiger partial charge < -0.3 is 9.52 Å². The molecule has 2 heterocycles. The Morgan fingerprint density at radius 2 is 1.68 bits per heavy atom. The van der Waals surface area contributed by atoms with E-state index < -0.39 is 36.5 Å². The number of halogens is 1. The van der Waals surface area contributed by atoms with Crippen LogP contribution in [0.25, 0.3) is 22.3 Å². The first-order valence-corrected chi connectivity index (χ1v) is 14.9. The molecular formula is C29H36ClNO8P+. The van der Waals surface area contributed by atoms with Crippen molar-refractivity contribution < 1.29 is 32.8 Å². The Kier molecular flexibility index (Phi) is 8.41. The maximum atomic E-state index is 13.4. The van der Waals surface area contributed by atoms with E-state index in [1.807, 2.05) is 11.9 Å². The summed E-state index contributed by atoms with van der Waals surface area (Å²) in [5.74, 6) is -1.24. The molecule has 40 heavy (non-hydrogen) atoms. The molecule has 3 aromatic rings. The van der Waals surface area contributed by atoms with Crippen LogP contribution >= 0.6 is 19.8 Å². The molecule has 1 saturated heterocycles. The molecule has 1 aliphatic rings. The van der Waals surface area contributed by atoms with Gasteiger partial charge in [-0.1, -0.05) is 23.7 Å². The Labute approximate surface area is 239 Å². The van der Waals surface area contributed by atoms with E-state index in [0.717, 1.165) is 0 Å². The highest BCUT2D eigenvalue weighted by molar-refractivity contribution is 7.56. The molecule has 2 aromatic carbocycles. The van der Waals surface area contributed by atoms with Gasteiger partial charge in [-0.3, -0.25) is 19.0 Å². The molecular weight excluding hydrogens is 557 g/mol. The van der Waals surface area contributed by atoms with Crippen molar-refractivity contribution >= 4 is 36.5 Å². The molecule has 0 amide bonds. The number of likely N-dealkylation sites (N-methyl/N-ethyl adjacent to an activating group) is 1. The molecule has 0 spiro atoms. The number of nitrogens with zero attached hydrogens (tertiary/aromatic N) is 1. The molecule has 11 heteroatoms. The lowest BCUT2D eigenvalue weighted by atomic mass is 9.86. The van der Waals surface area contributed by atoms with Crippen LogP contribution in [0.3, 0.4) is 0 Å². The van der Waals surface area contributed by atoms with Gasteiger partial charge in [0.15, 0.2) is 17.0 Å². The molecule has 1 aromatic heterocycles. The average Bonchev–Trinajstić information content (AvgIpc) is 2.77. The molecule has 9 nitrogen and oxygen atoms in total. The minimum Gasteiger partial charge on any atom is -0.507 e. The summed E-state index contributed by atoms with van der Waals surface area (Å²) in [6, 6.07) is 9.32. The predicted octanol–water partition coefficient (Wildman–Crippen LogP) is 6.49. The van der Waals surface area contributed by atoms with Gasteiger partial charge in [-0.15, -0.1) is 9.05 Å². The molecule has 1 aliphatic heterocycles. The molecule has 0 saturated carbocycles. The summed E-state index contributed by atoms with van der Waals surface area (Å²) < 4.78 is 24.2. The third kappa shape index (κ3) is 6.85. The summed E-state index contributed by atoms with van der Waals surface area (Å²) in [4.78, 5) is 40.2. The summed E-state index contributed by atoms with van der Waals surface area (Å²) >= 11 is 6.41. The molecule has 216 valence electrons. The number of carbonyl (C=O) groups is 1. The Bertz CT molecular complexity index is 1470. The van der Waals surface area contributed by atoms with Gasteiger partial charge in [0.25, 0.3) is 0 Å². The van der Waals surface area contributed by atoms with Crippen LogP contribution in [-0.2, 0) is 13.8 Å². The topological polar surface area (TPSA) is 119 Å². The highest BCUT2D eigenvalue weighted by atomic mass is 35.5. The van der Waals surface area contributed by atoms with Gasteiger partial charge >= 0.3 is 8.17 Å². The zero-order valence-electron chi connectivity index (χ0n) is 23.8. The van der Waals surface area contributed by atoms with Crippen molar-refractivity contribution in [3.63, 3.8) is 0 Å². The lowest BCUT2D eigenvalue weighted by Gasteiger charge is -2.30. The Morgan fingerprint density at radius 3 is 2.25 bits per heavy atom. The van der Waals surface area contributed by atoms with Crippen molar-refractivity contribution in [1.82, 2.24) is 4.90 Å². The molecule has 0 aliphatic carbocycles. The summed E-state index contributed by atoms with van der Waals surface area (Å²) in [6.07, 6.45) is 0.392. The zero-order chi connectivity index (χ0) is 29.6. The smallest absolute Gasteiger partial charge is 0.507 e. The number of hydrogen-bond acceptors (Lipinski definition) is 9. The fraction of sp³-hybridized carbons (Fsp3) is 0.448. The fourth-order valence-corrected chi connectivity index (χ4v) is 6.78. The van der Waals surface area contributed by atoms with Crippen molar-refractivity contribution in [3.05, 3.63) is 57.2 Å². The summed E-state index contributed by atoms with van der Waals surface area (Å²) in [7, 11) is -2.26. The third-order valence-corrected chi connectivity index (χ3v) is 8.39. The number of hydrogen-bond donors (Lipinski definition) is 2. The van der Waals surface area contributed by atoms with Crippen LogP contribution in [0.2, 0.25) is 5.02 Å². The second-order valence-corrected chi connectivity index (χ2v) is 13.9. The van der Waals surface area contributed by atoms with Crippen molar-refractivity contribution in [2.24, 2.45) is 0 Å². The van der Waals surface area contributed by atoms with Crippen LogP contribution in [0.15, 0.2) is 45.6 Å². The van der Waals surface area contributed by atoms with Gasteiger partial charge in [-0.05, 0) is 73.7 Å². The van der Waals surface area contributed by atoms with Crippen molar-refractivity contribution in [3.8, 4) is 22.8 Å². The Morgan fingerprint density at radius 1 is 1.05 bits per heavy atom. The van der Waals surface area contributed by atoms with Crippen LogP contribution in [0.5, 0.6) is 11.5 Å². The number of benzene rings is 2. The standard InChI is InChI=1S/C29H35ClNO8P/c1-28(2,3)38-40(35,39-29(4,5)6)37-24-15-21(33)26-20(32)14-23(17-10-8-9-11-19(17)30)36-27(26)25(24)18-12-13-31(7)16-22(18)34/h8-11,14-15,18,35H,12-13,16H2,1-7H3/p+1/t18-/m0/s1. The van der Waals surface area contributed by atoms with E-state index >= 15 is 0 Å². The summed E-state index contributed by atoms with van der Waals surface area (Å²) in [5, 5.41) is 11.3. The van der Waals surface area contributed by atoms with E-state index in [-0.39, 0.29) is 40.4 Å². The normalized spacial score (nSPS) is 17.4. The summed E-state index contributed by atoms with van der Waals surface area (Å²) in [5.41, 5.74) is -1.61. The number of phenols is 1. The number of Topliss-reactive ketones (excluding diaryl/α,β-unsaturated/α-hetero) is 1.